The van der Waals surface area contributed by atoms with Gasteiger partial charge in [0.15, 0.2) is 0 Å². The molecule has 0 radical (unpaired) electrons. The summed E-state index contributed by atoms with van der Waals surface area (Å²) in [5.41, 5.74) is 4.86. The zero-order valence-electron chi connectivity index (χ0n) is 9.40. The number of aromatic nitrogens is 1. The molecule has 2 aromatic heterocycles. The molecule has 2 heterocycles. The summed E-state index contributed by atoms with van der Waals surface area (Å²) in [5, 5.41) is 0. The zero-order valence-corrected chi connectivity index (χ0v) is 9.40. The molecule has 0 amide bonds. The van der Waals surface area contributed by atoms with Crippen LogP contribution in [-0.4, -0.2) is 4.98 Å². The van der Waals surface area contributed by atoms with Crippen molar-refractivity contribution in [2.24, 2.45) is 5.84 Å². The molecule has 2 aromatic rings. The van der Waals surface area contributed by atoms with Gasteiger partial charge < -0.3 is 4.42 Å². The number of nitrogens with zero attached hydrogens (tertiary/aromatic N) is 1. The normalized spacial score (nSPS) is 12.7. The predicted octanol–water partition coefficient (Wildman–Crippen LogP) is 1.84. The molecular formula is C12H15N3O. The highest BCUT2D eigenvalue weighted by Gasteiger charge is 2.17. The van der Waals surface area contributed by atoms with Crippen molar-refractivity contribution in [3.8, 4) is 0 Å². The van der Waals surface area contributed by atoms with Gasteiger partial charge in [0.05, 0.1) is 6.04 Å². The Kier molecular flexibility index (Phi) is 3.03. The van der Waals surface area contributed by atoms with E-state index in [-0.39, 0.29) is 6.04 Å². The van der Waals surface area contributed by atoms with Crippen LogP contribution in [0.3, 0.4) is 0 Å². The van der Waals surface area contributed by atoms with Gasteiger partial charge in [0, 0.05) is 18.0 Å². The van der Waals surface area contributed by atoms with E-state index in [1.807, 2.05) is 32.0 Å². The molecule has 0 spiro atoms. The molecule has 4 heteroatoms. The van der Waals surface area contributed by atoms with Gasteiger partial charge in [-0.05, 0) is 31.5 Å². The number of furan rings is 1. The summed E-state index contributed by atoms with van der Waals surface area (Å²) >= 11 is 0. The molecule has 0 aliphatic heterocycles. The number of hydrogen-bond acceptors (Lipinski definition) is 4. The predicted molar refractivity (Wildman–Crippen MR) is 61.6 cm³/mol. The van der Waals surface area contributed by atoms with Gasteiger partial charge in [0.1, 0.15) is 11.5 Å². The van der Waals surface area contributed by atoms with Crippen LogP contribution in [-0.2, 0) is 0 Å². The lowest BCUT2D eigenvalue weighted by Gasteiger charge is -2.14. The van der Waals surface area contributed by atoms with E-state index < -0.39 is 0 Å². The van der Waals surface area contributed by atoms with Crippen molar-refractivity contribution in [2.45, 2.75) is 19.9 Å². The molecule has 3 N–H and O–H groups in total. The van der Waals surface area contributed by atoms with Crippen LogP contribution in [0.4, 0.5) is 0 Å². The first-order chi connectivity index (χ1) is 7.72. The largest absolute Gasteiger partial charge is 0.466 e. The first-order valence-electron chi connectivity index (χ1n) is 5.15. The van der Waals surface area contributed by atoms with Crippen molar-refractivity contribution in [2.75, 3.05) is 0 Å². The monoisotopic (exact) mass is 217 g/mol. The second-order valence-electron chi connectivity index (χ2n) is 3.75. The standard InChI is InChI=1S/C12H15N3O/c1-8-6-11(9(2)16-8)12(15-13)10-4-3-5-14-7-10/h3-7,12,15H,13H2,1-2H3. The first kappa shape index (κ1) is 10.9. The van der Waals surface area contributed by atoms with Crippen molar-refractivity contribution in [3.05, 3.63) is 53.2 Å². The van der Waals surface area contributed by atoms with E-state index in [0.717, 1.165) is 22.6 Å². The van der Waals surface area contributed by atoms with Gasteiger partial charge in [-0.3, -0.25) is 10.8 Å². The lowest BCUT2D eigenvalue weighted by molar-refractivity contribution is 0.495. The first-order valence-corrected chi connectivity index (χ1v) is 5.15. The third-order valence-electron chi connectivity index (χ3n) is 2.57. The second-order valence-corrected chi connectivity index (χ2v) is 3.75. The molecular weight excluding hydrogens is 202 g/mol. The Balaban J connectivity index is 2.40. The number of rotatable bonds is 3. The molecule has 4 nitrogen and oxygen atoms in total. The van der Waals surface area contributed by atoms with E-state index in [2.05, 4.69) is 10.4 Å². The van der Waals surface area contributed by atoms with Crippen LogP contribution in [0.2, 0.25) is 0 Å². The van der Waals surface area contributed by atoms with Crippen molar-refractivity contribution < 1.29 is 4.42 Å². The van der Waals surface area contributed by atoms with E-state index in [0.29, 0.717) is 0 Å². The third kappa shape index (κ3) is 1.98. The highest BCUT2D eigenvalue weighted by Crippen LogP contribution is 2.26. The summed E-state index contributed by atoms with van der Waals surface area (Å²) in [6, 6.07) is 5.79. The molecule has 1 atom stereocenters. The maximum Gasteiger partial charge on any atom is 0.106 e. The van der Waals surface area contributed by atoms with Crippen LogP contribution >= 0.6 is 0 Å². The van der Waals surface area contributed by atoms with Crippen LogP contribution in [0, 0.1) is 13.8 Å². The minimum absolute atomic E-state index is 0.0776. The number of hydrogen-bond donors (Lipinski definition) is 2. The van der Waals surface area contributed by atoms with Crippen molar-refractivity contribution in [1.82, 2.24) is 10.4 Å². The molecule has 16 heavy (non-hydrogen) atoms. The molecule has 0 aliphatic carbocycles. The van der Waals surface area contributed by atoms with Crippen molar-refractivity contribution in [3.63, 3.8) is 0 Å². The van der Waals surface area contributed by atoms with E-state index in [9.17, 15) is 0 Å². The fourth-order valence-electron chi connectivity index (χ4n) is 1.85. The molecule has 0 aliphatic rings. The number of nitrogens with one attached hydrogen (secondary N) is 1. The van der Waals surface area contributed by atoms with E-state index in [1.165, 1.54) is 0 Å². The van der Waals surface area contributed by atoms with E-state index in [1.54, 1.807) is 12.4 Å². The molecule has 2 rings (SSSR count). The van der Waals surface area contributed by atoms with Crippen molar-refractivity contribution >= 4 is 0 Å². The highest BCUT2D eigenvalue weighted by atomic mass is 16.3. The van der Waals surface area contributed by atoms with Gasteiger partial charge in [-0.1, -0.05) is 6.07 Å². The molecule has 0 aromatic carbocycles. The van der Waals surface area contributed by atoms with Gasteiger partial charge in [0.2, 0.25) is 0 Å². The van der Waals surface area contributed by atoms with Crippen molar-refractivity contribution in [1.29, 1.82) is 0 Å². The third-order valence-corrected chi connectivity index (χ3v) is 2.57. The van der Waals surface area contributed by atoms with Gasteiger partial charge in [-0.15, -0.1) is 0 Å². The topological polar surface area (TPSA) is 64.1 Å². The lowest BCUT2D eigenvalue weighted by atomic mass is 10.0. The maximum absolute atomic E-state index is 5.60. The SMILES string of the molecule is Cc1cc(C(NN)c2cccnc2)c(C)o1. The lowest BCUT2D eigenvalue weighted by Crippen LogP contribution is -2.29. The van der Waals surface area contributed by atoms with Crippen LogP contribution < -0.4 is 11.3 Å². The number of aryl methyl sites for hydroxylation is 2. The van der Waals surface area contributed by atoms with Gasteiger partial charge >= 0.3 is 0 Å². The Morgan fingerprint density at radius 1 is 1.44 bits per heavy atom. The molecule has 0 saturated heterocycles. The van der Waals surface area contributed by atoms with Gasteiger partial charge in [-0.2, -0.15) is 0 Å². The Hall–Kier alpha value is -1.65. The van der Waals surface area contributed by atoms with Crippen LogP contribution in [0.15, 0.2) is 35.0 Å². The number of pyridine rings is 1. The van der Waals surface area contributed by atoms with Crippen LogP contribution in [0.5, 0.6) is 0 Å². The maximum atomic E-state index is 5.60. The van der Waals surface area contributed by atoms with E-state index >= 15 is 0 Å². The second kappa shape index (κ2) is 4.47. The molecule has 0 bridgehead atoms. The average Bonchev–Trinajstić information content (AvgIpc) is 2.61. The summed E-state index contributed by atoms with van der Waals surface area (Å²) in [5.74, 6) is 7.36. The van der Waals surface area contributed by atoms with Crippen LogP contribution in [0.25, 0.3) is 0 Å². The molecule has 0 saturated carbocycles. The van der Waals surface area contributed by atoms with Gasteiger partial charge in [-0.25, -0.2) is 5.43 Å². The fourth-order valence-corrected chi connectivity index (χ4v) is 1.85. The van der Waals surface area contributed by atoms with E-state index in [4.69, 9.17) is 10.3 Å². The number of hydrazine groups is 1. The molecule has 0 fully saturated rings. The molecule has 1 unspecified atom stereocenters. The van der Waals surface area contributed by atoms with Gasteiger partial charge in [0.25, 0.3) is 0 Å². The minimum Gasteiger partial charge on any atom is -0.466 e. The zero-order chi connectivity index (χ0) is 11.5. The summed E-state index contributed by atoms with van der Waals surface area (Å²) < 4.78 is 5.50. The highest BCUT2D eigenvalue weighted by molar-refractivity contribution is 5.32. The Morgan fingerprint density at radius 3 is 2.75 bits per heavy atom. The molecule has 84 valence electrons. The Morgan fingerprint density at radius 2 is 2.25 bits per heavy atom. The Bertz CT molecular complexity index is 464. The Labute approximate surface area is 94.5 Å². The fraction of sp³-hybridized carbons (Fsp3) is 0.250. The number of nitrogens with two attached hydrogens (primary N) is 1. The smallest absolute Gasteiger partial charge is 0.106 e. The summed E-state index contributed by atoms with van der Waals surface area (Å²) in [6.07, 6.45) is 3.54. The summed E-state index contributed by atoms with van der Waals surface area (Å²) in [7, 11) is 0. The summed E-state index contributed by atoms with van der Waals surface area (Å²) in [6.45, 7) is 3.86. The summed E-state index contributed by atoms with van der Waals surface area (Å²) in [4.78, 5) is 4.09. The average molecular weight is 217 g/mol. The minimum atomic E-state index is -0.0776. The quantitative estimate of drug-likeness (QED) is 0.608. The van der Waals surface area contributed by atoms with Crippen LogP contribution in [0.1, 0.15) is 28.7 Å².